The zero-order valence-corrected chi connectivity index (χ0v) is 15.8. The molecule has 0 radical (unpaired) electrons. The molecule has 0 atom stereocenters. The van der Waals surface area contributed by atoms with Crippen molar-refractivity contribution in [2.75, 3.05) is 30.3 Å². The van der Waals surface area contributed by atoms with Gasteiger partial charge in [-0.1, -0.05) is 25.6 Å². The number of thioether (sulfide) groups is 1. The summed E-state index contributed by atoms with van der Waals surface area (Å²) in [7, 11) is 0. The number of hydrogen-bond acceptors (Lipinski definition) is 6. The van der Waals surface area contributed by atoms with Crippen molar-refractivity contribution in [3.63, 3.8) is 0 Å². The quantitative estimate of drug-likeness (QED) is 0.574. The highest BCUT2D eigenvalue weighted by Gasteiger charge is 2.20. The Hall–Kier alpha value is -1.83. The van der Waals surface area contributed by atoms with E-state index in [1.54, 1.807) is 11.8 Å². The highest BCUT2D eigenvalue weighted by Crippen LogP contribution is 2.29. The van der Waals surface area contributed by atoms with Crippen LogP contribution in [0.4, 0.5) is 5.82 Å². The number of amides is 1. The van der Waals surface area contributed by atoms with Gasteiger partial charge in [-0.15, -0.1) is 0 Å². The summed E-state index contributed by atoms with van der Waals surface area (Å²) in [5, 5.41) is 9.24. The fourth-order valence-corrected chi connectivity index (χ4v) is 3.63. The second kappa shape index (κ2) is 8.51. The van der Waals surface area contributed by atoms with Crippen molar-refractivity contribution in [1.82, 2.24) is 25.1 Å². The van der Waals surface area contributed by atoms with Crippen LogP contribution in [0.25, 0.3) is 11.0 Å². The molecular formula is C17H26N6OS. The van der Waals surface area contributed by atoms with E-state index < -0.39 is 0 Å². The van der Waals surface area contributed by atoms with Crippen LogP contribution in [0.1, 0.15) is 39.5 Å². The van der Waals surface area contributed by atoms with Crippen molar-refractivity contribution in [2.24, 2.45) is 0 Å². The van der Waals surface area contributed by atoms with Gasteiger partial charge in [-0.3, -0.25) is 4.79 Å². The molecule has 3 heterocycles. The SMILES string of the molecule is CCCC(=O)NCCn1ncc2c(N3CCCC3)nc(SCC)nc21. The maximum atomic E-state index is 11.6. The van der Waals surface area contributed by atoms with E-state index in [4.69, 9.17) is 9.97 Å². The summed E-state index contributed by atoms with van der Waals surface area (Å²) in [6, 6.07) is 0. The number of rotatable bonds is 8. The molecular weight excluding hydrogens is 336 g/mol. The molecule has 0 unspecified atom stereocenters. The van der Waals surface area contributed by atoms with Crippen LogP contribution in [0.15, 0.2) is 11.4 Å². The van der Waals surface area contributed by atoms with Crippen LogP contribution >= 0.6 is 11.8 Å². The molecule has 1 aliphatic rings. The molecule has 0 bridgehead atoms. The van der Waals surface area contributed by atoms with Gasteiger partial charge in [0.05, 0.1) is 18.1 Å². The molecule has 0 saturated carbocycles. The second-order valence-electron chi connectivity index (χ2n) is 6.16. The molecule has 1 N–H and O–H groups in total. The topological polar surface area (TPSA) is 75.9 Å². The summed E-state index contributed by atoms with van der Waals surface area (Å²) < 4.78 is 1.88. The van der Waals surface area contributed by atoms with E-state index in [1.165, 1.54) is 12.8 Å². The summed E-state index contributed by atoms with van der Waals surface area (Å²) in [6.07, 6.45) is 5.70. The van der Waals surface area contributed by atoms with E-state index in [-0.39, 0.29) is 5.91 Å². The number of fused-ring (bicyclic) bond motifs is 1. The number of nitrogens with one attached hydrogen (secondary N) is 1. The van der Waals surface area contributed by atoms with Crippen molar-refractivity contribution in [2.45, 2.75) is 51.2 Å². The molecule has 0 aliphatic carbocycles. The van der Waals surface area contributed by atoms with Crippen LogP contribution < -0.4 is 10.2 Å². The summed E-state index contributed by atoms with van der Waals surface area (Å²) >= 11 is 1.65. The van der Waals surface area contributed by atoms with Gasteiger partial charge in [-0.25, -0.2) is 14.6 Å². The van der Waals surface area contributed by atoms with E-state index in [2.05, 4.69) is 22.2 Å². The Labute approximate surface area is 152 Å². The first-order chi connectivity index (χ1) is 12.2. The maximum Gasteiger partial charge on any atom is 0.220 e. The van der Waals surface area contributed by atoms with Gasteiger partial charge in [0.15, 0.2) is 10.8 Å². The fourth-order valence-electron chi connectivity index (χ4n) is 3.06. The smallest absolute Gasteiger partial charge is 0.220 e. The second-order valence-corrected chi connectivity index (χ2v) is 7.39. The Morgan fingerprint density at radius 3 is 2.80 bits per heavy atom. The minimum atomic E-state index is 0.0913. The van der Waals surface area contributed by atoms with Crippen LogP contribution in [0.5, 0.6) is 0 Å². The van der Waals surface area contributed by atoms with Crippen molar-refractivity contribution >= 4 is 34.5 Å². The maximum absolute atomic E-state index is 11.6. The molecule has 25 heavy (non-hydrogen) atoms. The van der Waals surface area contributed by atoms with Crippen LogP contribution in [0.3, 0.4) is 0 Å². The Bertz CT molecular complexity index is 725. The van der Waals surface area contributed by atoms with Crippen molar-refractivity contribution < 1.29 is 4.79 Å². The number of aromatic nitrogens is 4. The van der Waals surface area contributed by atoms with Gasteiger partial charge in [-0.05, 0) is 25.0 Å². The molecule has 136 valence electrons. The van der Waals surface area contributed by atoms with Gasteiger partial charge in [-0.2, -0.15) is 5.10 Å². The Kier molecular flexibility index (Phi) is 6.12. The third-order valence-corrected chi connectivity index (χ3v) is 4.99. The monoisotopic (exact) mass is 362 g/mol. The van der Waals surface area contributed by atoms with Gasteiger partial charge in [0.2, 0.25) is 5.91 Å². The largest absolute Gasteiger partial charge is 0.356 e. The van der Waals surface area contributed by atoms with E-state index in [0.717, 1.165) is 47.3 Å². The molecule has 3 rings (SSSR count). The van der Waals surface area contributed by atoms with Crippen LogP contribution in [0, 0.1) is 0 Å². The predicted octanol–water partition coefficient (Wildman–Crippen LogP) is 2.45. The molecule has 1 fully saturated rings. The van der Waals surface area contributed by atoms with Crippen molar-refractivity contribution in [3.8, 4) is 0 Å². The number of anilines is 1. The molecule has 2 aromatic rings. The first kappa shape index (κ1) is 18.0. The molecule has 1 amide bonds. The highest BCUT2D eigenvalue weighted by atomic mass is 32.2. The molecule has 2 aromatic heterocycles. The van der Waals surface area contributed by atoms with Crippen LogP contribution in [-0.2, 0) is 11.3 Å². The number of carbonyl (C=O) groups is 1. The van der Waals surface area contributed by atoms with Gasteiger partial charge in [0.25, 0.3) is 0 Å². The number of hydrogen-bond donors (Lipinski definition) is 1. The first-order valence-electron chi connectivity index (χ1n) is 9.11. The van der Waals surface area contributed by atoms with Gasteiger partial charge >= 0.3 is 0 Å². The molecule has 7 nitrogen and oxygen atoms in total. The third-order valence-electron chi connectivity index (χ3n) is 4.26. The highest BCUT2D eigenvalue weighted by molar-refractivity contribution is 7.99. The standard InChI is InChI=1S/C17H26N6OS/c1-3-7-14(24)18-8-11-23-16-13(12-19-23)15(22-9-5-6-10-22)20-17(21-16)25-4-2/h12H,3-11H2,1-2H3,(H,18,24). The lowest BCUT2D eigenvalue weighted by Gasteiger charge is -2.17. The number of nitrogens with zero attached hydrogens (tertiary/aromatic N) is 5. The van der Waals surface area contributed by atoms with Gasteiger partial charge in [0.1, 0.15) is 5.82 Å². The average Bonchev–Trinajstić information content (AvgIpc) is 3.25. The molecule has 0 aromatic carbocycles. The fraction of sp³-hybridized carbons (Fsp3) is 0.647. The summed E-state index contributed by atoms with van der Waals surface area (Å²) in [4.78, 5) is 23.4. The van der Waals surface area contributed by atoms with Gasteiger partial charge in [0, 0.05) is 26.1 Å². The lowest BCUT2D eigenvalue weighted by molar-refractivity contribution is -0.121. The Morgan fingerprint density at radius 1 is 1.28 bits per heavy atom. The third kappa shape index (κ3) is 4.23. The number of carbonyl (C=O) groups excluding carboxylic acids is 1. The summed E-state index contributed by atoms with van der Waals surface area (Å²) in [6.45, 7) is 7.38. The minimum Gasteiger partial charge on any atom is -0.356 e. The molecule has 8 heteroatoms. The predicted molar refractivity (Wildman–Crippen MR) is 101 cm³/mol. The summed E-state index contributed by atoms with van der Waals surface area (Å²) in [5.74, 6) is 2.03. The van der Waals surface area contributed by atoms with Gasteiger partial charge < -0.3 is 10.2 Å². The Balaban J connectivity index is 1.83. The van der Waals surface area contributed by atoms with Crippen molar-refractivity contribution in [3.05, 3.63) is 6.20 Å². The molecule has 1 aliphatic heterocycles. The normalized spacial score (nSPS) is 14.4. The lowest BCUT2D eigenvalue weighted by atomic mass is 10.3. The first-order valence-corrected chi connectivity index (χ1v) is 10.1. The van der Waals surface area contributed by atoms with E-state index in [0.29, 0.717) is 19.5 Å². The average molecular weight is 363 g/mol. The zero-order chi connectivity index (χ0) is 17.6. The van der Waals surface area contributed by atoms with E-state index in [1.807, 2.05) is 17.8 Å². The van der Waals surface area contributed by atoms with Crippen molar-refractivity contribution in [1.29, 1.82) is 0 Å². The zero-order valence-electron chi connectivity index (χ0n) is 15.0. The molecule has 0 spiro atoms. The summed E-state index contributed by atoms with van der Waals surface area (Å²) in [5.41, 5.74) is 0.859. The lowest BCUT2D eigenvalue weighted by Crippen LogP contribution is -2.27. The van der Waals surface area contributed by atoms with E-state index >= 15 is 0 Å². The minimum absolute atomic E-state index is 0.0913. The Morgan fingerprint density at radius 2 is 2.08 bits per heavy atom. The van der Waals surface area contributed by atoms with Crippen LogP contribution in [-0.4, -0.2) is 51.0 Å². The van der Waals surface area contributed by atoms with E-state index in [9.17, 15) is 4.79 Å². The molecule has 1 saturated heterocycles. The van der Waals surface area contributed by atoms with Crippen LogP contribution in [0.2, 0.25) is 0 Å².